The molecule has 0 saturated heterocycles. The van der Waals surface area contributed by atoms with Crippen molar-refractivity contribution < 1.29 is 0 Å². The third-order valence-corrected chi connectivity index (χ3v) is 8.48. The standard InChI is InChI=1S/C30H52/c1-2-3-4-5-6-7-8-9-10-11-12-13-14-15-16-17-20-26-23-24-29-28-22-19-18-21-27(28)25-30(26)29/h21,25-26,28-29H,2-20,22-24H2,1H3. The average Bonchev–Trinajstić information content (AvgIpc) is 3.33. The number of allylic oxidation sites excluding steroid dienone is 4. The van der Waals surface area contributed by atoms with Crippen molar-refractivity contribution in [3.05, 3.63) is 23.3 Å². The second kappa shape index (κ2) is 14.5. The Balaban J connectivity index is 1.09. The molecule has 1 saturated carbocycles. The summed E-state index contributed by atoms with van der Waals surface area (Å²) >= 11 is 0. The highest BCUT2D eigenvalue weighted by molar-refractivity contribution is 5.40. The van der Waals surface area contributed by atoms with Crippen LogP contribution >= 0.6 is 0 Å². The summed E-state index contributed by atoms with van der Waals surface area (Å²) in [6.07, 6.45) is 37.6. The fourth-order valence-corrected chi connectivity index (χ4v) is 6.64. The van der Waals surface area contributed by atoms with Crippen LogP contribution in [0.4, 0.5) is 0 Å². The monoisotopic (exact) mass is 412 g/mol. The molecule has 0 amide bonds. The van der Waals surface area contributed by atoms with Gasteiger partial charge in [-0.2, -0.15) is 0 Å². The summed E-state index contributed by atoms with van der Waals surface area (Å²) < 4.78 is 0. The third-order valence-electron chi connectivity index (χ3n) is 8.48. The van der Waals surface area contributed by atoms with Gasteiger partial charge in [0.05, 0.1) is 0 Å². The van der Waals surface area contributed by atoms with E-state index >= 15 is 0 Å². The SMILES string of the molecule is CCCCCCCCCCCCCCCCCCC1CCC2C1=CC1=CCCCC12. The molecule has 0 aromatic carbocycles. The van der Waals surface area contributed by atoms with E-state index in [2.05, 4.69) is 19.1 Å². The van der Waals surface area contributed by atoms with Crippen LogP contribution in [0.1, 0.15) is 148 Å². The number of hydrogen-bond donors (Lipinski definition) is 0. The number of rotatable bonds is 17. The van der Waals surface area contributed by atoms with Gasteiger partial charge in [-0.1, -0.05) is 127 Å². The average molecular weight is 413 g/mol. The molecular formula is C30H52. The molecule has 0 aromatic heterocycles. The van der Waals surface area contributed by atoms with Crippen LogP contribution in [0.5, 0.6) is 0 Å². The predicted octanol–water partition coefficient (Wildman–Crippen LogP) is 10.3. The van der Waals surface area contributed by atoms with Crippen LogP contribution in [0.2, 0.25) is 0 Å². The van der Waals surface area contributed by atoms with E-state index in [9.17, 15) is 0 Å². The number of hydrogen-bond acceptors (Lipinski definition) is 0. The molecule has 0 N–H and O–H groups in total. The van der Waals surface area contributed by atoms with E-state index in [0.29, 0.717) is 0 Å². The number of unbranched alkanes of at least 4 members (excludes halogenated alkanes) is 15. The van der Waals surface area contributed by atoms with Crippen molar-refractivity contribution in [3.8, 4) is 0 Å². The Kier molecular flexibility index (Phi) is 11.7. The molecule has 3 aliphatic carbocycles. The summed E-state index contributed by atoms with van der Waals surface area (Å²) in [6.45, 7) is 2.31. The fourth-order valence-electron chi connectivity index (χ4n) is 6.64. The zero-order valence-corrected chi connectivity index (χ0v) is 20.4. The van der Waals surface area contributed by atoms with E-state index in [0.717, 1.165) is 17.8 Å². The maximum absolute atomic E-state index is 2.65. The molecular weight excluding hydrogens is 360 g/mol. The lowest BCUT2D eigenvalue weighted by Crippen LogP contribution is -2.12. The van der Waals surface area contributed by atoms with Crippen LogP contribution < -0.4 is 0 Å². The molecule has 0 bridgehead atoms. The zero-order chi connectivity index (χ0) is 20.9. The Morgan fingerprint density at radius 2 is 1.20 bits per heavy atom. The maximum Gasteiger partial charge on any atom is -0.00992 e. The van der Waals surface area contributed by atoms with E-state index in [-0.39, 0.29) is 0 Å². The largest absolute Gasteiger partial charge is 0.0810 e. The van der Waals surface area contributed by atoms with Gasteiger partial charge in [0, 0.05) is 0 Å². The van der Waals surface area contributed by atoms with Crippen LogP contribution in [0.25, 0.3) is 0 Å². The summed E-state index contributed by atoms with van der Waals surface area (Å²) in [4.78, 5) is 0. The first-order valence-corrected chi connectivity index (χ1v) is 14.3. The Labute approximate surface area is 189 Å². The van der Waals surface area contributed by atoms with Gasteiger partial charge in [-0.3, -0.25) is 0 Å². The Hall–Kier alpha value is -0.520. The van der Waals surface area contributed by atoms with Crippen LogP contribution in [0, 0.1) is 17.8 Å². The first-order valence-electron chi connectivity index (χ1n) is 14.3. The lowest BCUT2D eigenvalue weighted by atomic mass is 9.82. The molecule has 3 aliphatic rings. The van der Waals surface area contributed by atoms with Crippen molar-refractivity contribution in [1.29, 1.82) is 0 Å². The lowest BCUT2D eigenvalue weighted by Gasteiger charge is -2.22. The van der Waals surface area contributed by atoms with E-state index < -0.39 is 0 Å². The van der Waals surface area contributed by atoms with Crippen molar-refractivity contribution >= 4 is 0 Å². The molecule has 3 rings (SSSR count). The van der Waals surface area contributed by atoms with Gasteiger partial charge in [0.25, 0.3) is 0 Å². The summed E-state index contributed by atoms with van der Waals surface area (Å²) in [5, 5.41) is 0. The minimum Gasteiger partial charge on any atom is -0.0810 e. The minimum absolute atomic E-state index is 0.935. The minimum atomic E-state index is 0.935. The quantitative estimate of drug-likeness (QED) is 0.208. The Morgan fingerprint density at radius 3 is 1.80 bits per heavy atom. The van der Waals surface area contributed by atoms with Gasteiger partial charge in [-0.25, -0.2) is 0 Å². The third kappa shape index (κ3) is 7.87. The van der Waals surface area contributed by atoms with E-state index in [4.69, 9.17) is 0 Å². The Morgan fingerprint density at radius 1 is 0.633 bits per heavy atom. The van der Waals surface area contributed by atoms with E-state index in [1.54, 1.807) is 5.57 Å². The predicted molar refractivity (Wildman–Crippen MR) is 134 cm³/mol. The number of fused-ring (bicyclic) bond motifs is 3. The first-order chi connectivity index (χ1) is 14.9. The van der Waals surface area contributed by atoms with Gasteiger partial charge >= 0.3 is 0 Å². The van der Waals surface area contributed by atoms with Gasteiger partial charge in [-0.05, 0) is 61.9 Å². The van der Waals surface area contributed by atoms with Gasteiger partial charge < -0.3 is 0 Å². The van der Waals surface area contributed by atoms with Gasteiger partial charge in [-0.15, -0.1) is 0 Å². The topological polar surface area (TPSA) is 0 Å². The van der Waals surface area contributed by atoms with Gasteiger partial charge in [0.2, 0.25) is 0 Å². The molecule has 3 atom stereocenters. The highest BCUT2D eigenvalue weighted by atomic mass is 14.5. The molecule has 30 heavy (non-hydrogen) atoms. The van der Waals surface area contributed by atoms with Crippen LogP contribution in [0.3, 0.4) is 0 Å². The zero-order valence-electron chi connectivity index (χ0n) is 20.4. The normalized spacial score (nSPS) is 25.2. The van der Waals surface area contributed by atoms with Crippen molar-refractivity contribution in [3.63, 3.8) is 0 Å². The van der Waals surface area contributed by atoms with Crippen molar-refractivity contribution in [2.24, 2.45) is 17.8 Å². The summed E-state index contributed by atoms with van der Waals surface area (Å²) in [5.41, 5.74) is 3.62. The van der Waals surface area contributed by atoms with Crippen LogP contribution in [-0.4, -0.2) is 0 Å². The van der Waals surface area contributed by atoms with Crippen molar-refractivity contribution in [1.82, 2.24) is 0 Å². The van der Waals surface area contributed by atoms with Crippen LogP contribution in [-0.2, 0) is 0 Å². The summed E-state index contributed by atoms with van der Waals surface area (Å²) in [6, 6.07) is 0. The summed E-state index contributed by atoms with van der Waals surface area (Å²) in [5.74, 6) is 2.85. The molecule has 0 radical (unpaired) electrons. The maximum atomic E-state index is 2.65. The molecule has 0 spiro atoms. The summed E-state index contributed by atoms with van der Waals surface area (Å²) in [7, 11) is 0. The molecule has 0 nitrogen and oxygen atoms in total. The fraction of sp³-hybridized carbons (Fsp3) is 0.867. The second-order valence-corrected chi connectivity index (χ2v) is 10.9. The molecule has 1 fully saturated rings. The van der Waals surface area contributed by atoms with Crippen molar-refractivity contribution in [2.75, 3.05) is 0 Å². The Bertz CT molecular complexity index is 510. The molecule has 3 unspecified atom stereocenters. The molecule has 172 valence electrons. The smallest absolute Gasteiger partial charge is 0.00992 e. The second-order valence-electron chi connectivity index (χ2n) is 10.9. The molecule has 0 heteroatoms. The highest BCUT2D eigenvalue weighted by Gasteiger charge is 2.40. The van der Waals surface area contributed by atoms with Gasteiger partial charge in [0.15, 0.2) is 0 Å². The first kappa shape index (κ1) is 24.1. The van der Waals surface area contributed by atoms with E-state index in [1.165, 1.54) is 141 Å². The van der Waals surface area contributed by atoms with Crippen LogP contribution in [0.15, 0.2) is 23.3 Å². The molecule has 0 aliphatic heterocycles. The molecule has 0 heterocycles. The lowest BCUT2D eigenvalue weighted by molar-refractivity contribution is 0.413. The van der Waals surface area contributed by atoms with E-state index in [1.807, 2.05) is 5.57 Å². The molecule has 0 aromatic rings. The highest BCUT2D eigenvalue weighted by Crippen LogP contribution is 2.53. The van der Waals surface area contributed by atoms with Gasteiger partial charge in [0.1, 0.15) is 0 Å². The van der Waals surface area contributed by atoms with Crippen molar-refractivity contribution in [2.45, 2.75) is 148 Å².